The fourth-order valence-corrected chi connectivity index (χ4v) is 18.9. The number of furan rings is 1. The number of fused-ring (bicyclic) bond motifs is 4. The van der Waals surface area contributed by atoms with Crippen molar-refractivity contribution in [3.05, 3.63) is 167 Å². The third-order valence-corrected chi connectivity index (χ3v) is 22.6. The SMILES string of the molecule is Cc1ccccc1N1C(C)C(C)(C)CC1(C)C.Cc1ccccc1N1C(C)C2(CCCCC2)CC1(C)C.Cc1ccccc1N1C(C)NC(C)(C)CC1(C)C.[2H]C(C)(C)N1c2nccnc2N(c2c(C)ccc3c2oc2nc(C)ccc23)C1C.[2H]C([2H])([2H])C1(C([2H])([2H])[2H])NC(C)N(c2ccccc2C)C(C([2H])([2H])[2H])(C([2H])([2H])[2H])C1([2H])[2H]. The lowest BCUT2D eigenvalue weighted by molar-refractivity contribution is 0.170. The van der Waals surface area contributed by atoms with E-state index in [4.69, 9.17) is 25.0 Å². The molecule has 0 bridgehead atoms. The van der Waals surface area contributed by atoms with Crippen LogP contribution in [0.5, 0.6) is 0 Å². The Labute approximate surface area is 632 Å². The number of pyridine rings is 1. The van der Waals surface area contributed by atoms with E-state index in [1.54, 1.807) is 31.5 Å². The minimum atomic E-state index is -3.85. The molecule has 3 aromatic heterocycles. The Morgan fingerprint density at radius 3 is 1.43 bits per heavy atom. The molecule has 5 fully saturated rings. The van der Waals surface area contributed by atoms with Gasteiger partial charge in [-0.2, -0.15) is 0 Å². The van der Waals surface area contributed by atoms with Gasteiger partial charge < -0.3 is 28.9 Å². The third kappa shape index (κ3) is 15.6. The number of aryl methyl sites for hydroxylation is 6. The summed E-state index contributed by atoms with van der Waals surface area (Å²) in [4.78, 5) is 26.5. The summed E-state index contributed by atoms with van der Waals surface area (Å²) in [5.41, 5.74) is 7.89. The van der Waals surface area contributed by atoms with E-state index in [1.807, 2.05) is 31.7 Å². The number of rotatable bonds is 6. The second-order valence-corrected chi connectivity index (χ2v) is 33.5. The number of para-hydroxylation sites is 4. The number of hydrogen-bond donors (Lipinski definition) is 2. The highest BCUT2D eigenvalue weighted by molar-refractivity contribution is 6.09. The van der Waals surface area contributed by atoms with E-state index in [9.17, 15) is 0 Å². The van der Waals surface area contributed by atoms with E-state index in [-0.39, 0.29) is 34.0 Å². The zero-order valence-corrected chi connectivity index (χ0v) is 65.2. The van der Waals surface area contributed by atoms with Gasteiger partial charge in [-0.25, -0.2) is 15.0 Å². The number of nitrogens with zero attached hydrogens (tertiary/aromatic N) is 9. The van der Waals surface area contributed by atoms with Crippen molar-refractivity contribution >= 4 is 62.1 Å². The summed E-state index contributed by atoms with van der Waals surface area (Å²) in [5, 5.41) is 8.03. The second kappa shape index (κ2) is 28.8. The van der Waals surface area contributed by atoms with E-state index in [2.05, 4.69) is 261 Å². The van der Waals surface area contributed by atoms with Gasteiger partial charge in [-0.3, -0.25) is 15.5 Å². The largest absolute Gasteiger partial charge is 0.435 e. The normalized spacial score (nSPS) is 27.2. The van der Waals surface area contributed by atoms with Crippen molar-refractivity contribution in [3.8, 4) is 0 Å². The lowest BCUT2D eigenvalue weighted by Crippen LogP contribution is -2.67. The molecule has 0 amide bonds. The van der Waals surface area contributed by atoms with Gasteiger partial charge in [0, 0.05) is 122 Å². The van der Waals surface area contributed by atoms with Gasteiger partial charge in [-0.05, 0) is 286 Å². The van der Waals surface area contributed by atoms with Crippen molar-refractivity contribution in [1.82, 2.24) is 25.6 Å². The maximum absolute atomic E-state index is 8.82. The fourth-order valence-electron chi connectivity index (χ4n) is 18.9. The highest BCUT2D eigenvalue weighted by Crippen LogP contribution is 2.56. The van der Waals surface area contributed by atoms with Crippen molar-refractivity contribution in [2.75, 3.05) is 29.4 Å². The van der Waals surface area contributed by atoms with E-state index in [0.717, 1.165) is 50.4 Å². The first-order valence-corrected chi connectivity index (χ1v) is 36.9. The Morgan fingerprint density at radius 1 is 0.495 bits per heavy atom. The van der Waals surface area contributed by atoms with Gasteiger partial charge >= 0.3 is 0 Å². The maximum atomic E-state index is 8.82. The van der Waals surface area contributed by atoms with Crippen molar-refractivity contribution < 1.29 is 25.0 Å². The summed E-state index contributed by atoms with van der Waals surface area (Å²) in [6.45, 7) is 35.4. The predicted octanol–water partition coefficient (Wildman–Crippen LogP) is 22.2. The standard InChI is InChI=1S/C22H23N5O.C19H29N.2C16H26N2.C16H25N/c1-12(2)26-15(5)27(21-20(26)23-10-11-24-21)18-13(3)6-8-16-17-9-7-14(4)25-22(17)28-19(16)18;1-15-10-6-7-11-17(15)20-16(2)19(14-18(20,3)4)12-8-5-9-13-19;2*1-12-9-7-8-10-14(12)18-13(2)17-15(3,4)11-16(18,5)6;1-12-9-7-8-10-14(12)17-13(2)15(3,4)11-16(17,5)6/h6-12,15H,1-5H3;6-7,10-11,16H,5,8-9,12-14H2,1-4H3;2*7-10,13,17H,11H2,1-6H3;7-10,13H,11H2,1-6H3/i12D;;3D3,4D3,5D3,6D3,11D2;;. The smallest absolute Gasteiger partial charge is 0.227 e. The molecule has 4 saturated heterocycles. The molecule has 1 spiro atoms. The van der Waals surface area contributed by atoms with Crippen LogP contribution < -0.4 is 40.0 Å². The molecular weight excluding hydrogens is 1240 g/mol. The summed E-state index contributed by atoms with van der Waals surface area (Å²) in [7, 11) is 0. The van der Waals surface area contributed by atoms with Crippen molar-refractivity contribution in [2.24, 2.45) is 10.8 Å². The fraction of sp³-hybridized carbons (Fsp3) is 0.562. The molecule has 546 valence electrons. The van der Waals surface area contributed by atoms with Gasteiger partial charge in [0.2, 0.25) is 5.71 Å². The monoisotopic (exact) mass is 1380 g/mol. The Balaban J connectivity index is 0.000000156. The van der Waals surface area contributed by atoms with E-state index < -0.39 is 57.0 Å². The van der Waals surface area contributed by atoms with Crippen LogP contribution in [-0.4, -0.2) is 84.8 Å². The maximum Gasteiger partial charge on any atom is 0.227 e. The molecule has 8 heterocycles. The van der Waals surface area contributed by atoms with Crippen LogP contribution in [0.1, 0.15) is 257 Å². The first-order chi connectivity index (χ1) is 53.2. The number of anilines is 7. The van der Waals surface area contributed by atoms with Crippen molar-refractivity contribution in [3.63, 3.8) is 0 Å². The van der Waals surface area contributed by atoms with Gasteiger partial charge in [0.05, 0.1) is 19.4 Å². The summed E-state index contributed by atoms with van der Waals surface area (Å²) in [5.74, 6) is 1.45. The minimum Gasteiger partial charge on any atom is -0.435 e. The second-order valence-electron chi connectivity index (χ2n) is 33.5. The van der Waals surface area contributed by atoms with Crippen LogP contribution in [-0.2, 0) is 0 Å². The highest BCUT2D eigenvalue weighted by atomic mass is 16.3. The molecule has 1 aliphatic carbocycles. The van der Waals surface area contributed by atoms with E-state index in [1.165, 1.54) is 97.8 Å². The van der Waals surface area contributed by atoms with Crippen LogP contribution in [0.3, 0.4) is 0 Å². The molecule has 5 aromatic carbocycles. The summed E-state index contributed by atoms with van der Waals surface area (Å²) >= 11 is 0. The zero-order valence-electron chi connectivity index (χ0n) is 80.2. The number of hydrogen-bond acceptors (Lipinski definition) is 12. The average Bonchev–Trinajstić information content (AvgIpc) is 0.851. The summed E-state index contributed by atoms with van der Waals surface area (Å²) < 4.78 is 130. The van der Waals surface area contributed by atoms with Crippen molar-refractivity contribution in [1.29, 1.82) is 0 Å². The summed E-state index contributed by atoms with van der Waals surface area (Å²) in [6, 6.07) is 41.0. The quantitative estimate of drug-likeness (QED) is 0.166. The van der Waals surface area contributed by atoms with E-state index in [0.29, 0.717) is 46.2 Å². The molecule has 12 heteroatoms. The molecule has 101 heavy (non-hydrogen) atoms. The van der Waals surface area contributed by atoms with Crippen LogP contribution >= 0.6 is 0 Å². The highest BCUT2D eigenvalue weighted by Gasteiger charge is 2.54. The van der Waals surface area contributed by atoms with Crippen LogP contribution in [0.25, 0.3) is 22.1 Å². The van der Waals surface area contributed by atoms with Crippen molar-refractivity contribution in [2.45, 2.75) is 314 Å². The number of nitrogens with one attached hydrogen (secondary N) is 2. The van der Waals surface area contributed by atoms with Gasteiger partial charge in [-0.15, -0.1) is 0 Å². The first-order valence-electron chi connectivity index (χ1n) is 44.4. The number of benzene rings is 5. The first kappa shape index (κ1) is 58.3. The lowest BCUT2D eigenvalue weighted by Gasteiger charge is -2.55. The molecule has 14 rings (SSSR count). The Morgan fingerprint density at radius 2 is 0.950 bits per heavy atom. The molecule has 5 unspecified atom stereocenters. The van der Waals surface area contributed by atoms with Gasteiger partial charge in [0.15, 0.2) is 17.2 Å². The van der Waals surface area contributed by atoms with Gasteiger partial charge in [0.25, 0.3) is 0 Å². The Kier molecular flexibility index (Phi) is 16.6. The Bertz CT molecular complexity index is 4770. The molecule has 1 saturated carbocycles. The number of aromatic nitrogens is 3. The molecule has 5 atom stereocenters. The minimum absolute atomic E-state index is 0.0216. The van der Waals surface area contributed by atoms with Crippen LogP contribution in [0.2, 0.25) is 0 Å². The van der Waals surface area contributed by atoms with Crippen LogP contribution in [0.4, 0.5) is 40.1 Å². The molecule has 6 aliphatic rings. The molecular formula is C89H129N11O. The average molecular weight is 1380 g/mol. The zero-order chi connectivity index (χ0) is 86.6. The molecule has 0 radical (unpaired) electrons. The lowest BCUT2D eigenvalue weighted by atomic mass is 9.68. The molecule has 2 N–H and O–H groups in total. The third-order valence-electron chi connectivity index (χ3n) is 22.6. The van der Waals surface area contributed by atoms with Gasteiger partial charge in [0.1, 0.15) is 6.17 Å². The van der Waals surface area contributed by atoms with Crippen LogP contribution in [0.15, 0.2) is 138 Å². The Hall–Kier alpha value is -7.15. The topological polar surface area (TPSA) is 95.3 Å². The molecule has 8 aromatic rings. The molecule has 5 aliphatic heterocycles. The van der Waals surface area contributed by atoms with E-state index >= 15 is 0 Å². The predicted molar refractivity (Wildman–Crippen MR) is 433 cm³/mol. The summed E-state index contributed by atoms with van der Waals surface area (Å²) in [6.07, 6.45) is 9.14. The molecule has 12 nitrogen and oxygen atoms in total. The van der Waals surface area contributed by atoms with Gasteiger partial charge in [-0.1, -0.05) is 118 Å². The van der Waals surface area contributed by atoms with Crippen LogP contribution in [0, 0.1) is 52.4 Å².